The molecular weight excluding hydrogens is 286 g/mol. The van der Waals surface area contributed by atoms with Crippen LogP contribution in [-0.2, 0) is 10.0 Å². The van der Waals surface area contributed by atoms with Gasteiger partial charge in [0.25, 0.3) is 0 Å². The molecular formula is C13H11ClNO3S-. The second-order valence-corrected chi connectivity index (χ2v) is 5.76. The Balaban J connectivity index is 2.27. The van der Waals surface area contributed by atoms with Gasteiger partial charge in [-0.05, 0) is 30.3 Å². The first kappa shape index (κ1) is 13.7. The monoisotopic (exact) mass is 296 g/mol. The van der Waals surface area contributed by atoms with Crippen molar-refractivity contribution in [3.05, 3.63) is 58.3 Å². The van der Waals surface area contributed by atoms with Gasteiger partial charge in [0.15, 0.2) is 0 Å². The molecule has 0 N–H and O–H groups in total. The third-order valence-electron chi connectivity index (χ3n) is 2.39. The smallest absolute Gasteiger partial charge is 0.123 e. The molecule has 2 aromatic rings. The SMILES string of the molecule is COc1ccc(S(=O)(=O)[N-]c2cccc(Cl)c2)cc1. The second-order valence-electron chi connectivity index (χ2n) is 3.72. The van der Waals surface area contributed by atoms with Gasteiger partial charge in [-0.25, -0.2) is 8.42 Å². The number of nitrogens with zero attached hydrogens (tertiary/aromatic N) is 1. The molecule has 0 saturated heterocycles. The van der Waals surface area contributed by atoms with Gasteiger partial charge in [-0.3, -0.25) is 0 Å². The standard InChI is InChI=1S/C13H11ClNO3S/c1-18-12-5-7-13(8-6-12)19(16,17)15-11-4-2-3-10(14)9-11/h2-9H,1H3/q-1. The van der Waals surface area contributed by atoms with Crippen molar-refractivity contribution in [2.75, 3.05) is 7.11 Å². The first-order valence-corrected chi connectivity index (χ1v) is 7.21. The highest BCUT2D eigenvalue weighted by atomic mass is 35.5. The van der Waals surface area contributed by atoms with Crippen LogP contribution >= 0.6 is 11.6 Å². The first-order chi connectivity index (χ1) is 9.01. The van der Waals surface area contributed by atoms with E-state index in [1.165, 1.54) is 25.3 Å². The molecule has 0 amide bonds. The maximum atomic E-state index is 12.1. The average molecular weight is 297 g/mol. The number of hydrogen-bond donors (Lipinski definition) is 0. The summed E-state index contributed by atoms with van der Waals surface area (Å²) in [6.07, 6.45) is 0. The lowest BCUT2D eigenvalue weighted by atomic mass is 10.3. The average Bonchev–Trinajstić information content (AvgIpc) is 2.38. The Labute approximate surface area is 117 Å². The molecule has 0 aliphatic carbocycles. The fourth-order valence-electron chi connectivity index (χ4n) is 1.47. The van der Waals surface area contributed by atoms with Crippen molar-refractivity contribution in [1.82, 2.24) is 0 Å². The van der Waals surface area contributed by atoms with E-state index in [0.29, 0.717) is 16.5 Å². The van der Waals surface area contributed by atoms with Crippen LogP contribution in [0.25, 0.3) is 4.72 Å². The number of methoxy groups -OCH3 is 1. The predicted octanol–water partition coefficient (Wildman–Crippen LogP) is 3.74. The number of rotatable bonds is 4. The number of sulfonamides is 1. The van der Waals surface area contributed by atoms with E-state index in [2.05, 4.69) is 4.72 Å². The van der Waals surface area contributed by atoms with Gasteiger partial charge in [-0.2, -0.15) is 0 Å². The summed E-state index contributed by atoms with van der Waals surface area (Å²) in [5.41, 5.74) is 0.295. The zero-order chi connectivity index (χ0) is 13.9. The summed E-state index contributed by atoms with van der Waals surface area (Å²) in [6.45, 7) is 0. The zero-order valence-corrected chi connectivity index (χ0v) is 11.6. The molecule has 0 radical (unpaired) electrons. The van der Waals surface area contributed by atoms with Crippen molar-refractivity contribution >= 4 is 27.3 Å². The Morgan fingerprint density at radius 2 is 1.79 bits per heavy atom. The minimum absolute atomic E-state index is 0.105. The Morgan fingerprint density at radius 1 is 1.11 bits per heavy atom. The van der Waals surface area contributed by atoms with E-state index >= 15 is 0 Å². The Kier molecular flexibility index (Phi) is 3.97. The van der Waals surface area contributed by atoms with Crippen LogP contribution in [-0.4, -0.2) is 15.5 Å². The Hall–Kier alpha value is -1.72. The summed E-state index contributed by atoms with van der Waals surface area (Å²) >= 11 is 5.79. The topological polar surface area (TPSA) is 57.5 Å². The van der Waals surface area contributed by atoms with Crippen molar-refractivity contribution in [3.8, 4) is 5.75 Å². The molecule has 0 saturated carbocycles. The maximum absolute atomic E-state index is 12.1. The van der Waals surface area contributed by atoms with E-state index in [4.69, 9.17) is 16.3 Å². The molecule has 19 heavy (non-hydrogen) atoms. The summed E-state index contributed by atoms with van der Waals surface area (Å²) in [5.74, 6) is 0.585. The van der Waals surface area contributed by atoms with Gasteiger partial charge in [0.2, 0.25) is 0 Å². The van der Waals surface area contributed by atoms with Gasteiger partial charge in [-0.15, -0.1) is 5.69 Å². The zero-order valence-electron chi connectivity index (χ0n) is 10.1. The van der Waals surface area contributed by atoms with Crippen molar-refractivity contribution < 1.29 is 13.2 Å². The highest BCUT2D eigenvalue weighted by molar-refractivity contribution is 7.94. The summed E-state index contributed by atoms with van der Waals surface area (Å²) < 4.78 is 32.8. The Morgan fingerprint density at radius 3 is 2.37 bits per heavy atom. The third-order valence-corrected chi connectivity index (χ3v) is 3.95. The van der Waals surface area contributed by atoms with Gasteiger partial charge in [0.05, 0.1) is 12.0 Å². The first-order valence-electron chi connectivity index (χ1n) is 5.39. The third kappa shape index (κ3) is 3.39. The van der Waals surface area contributed by atoms with Crippen LogP contribution < -0.4 is 4.74 Å². The van der Waals surface area contributed by atoms with Gasteiger partial charge < -0.3 is 9.46 Å². The second kappa shape index (κ2) is 5.50. The van der Waals surface area contributed by atoms with E-state index in [0.717, 1.165) is 0 Å². The molecule has 2 rings (SSSR count). The summed E-state index contributed by atoms with van der Waals surface area (Å²) in [4.78, 5) is 0.105. The van der Waals surface area contributed by atoms with Crippen LogP contribution in [0.4, 0.5) is 5.69 Å². The molecule has 0 unspecified atom stereocenters. The van der Waals surface area contributed by atoms with Crippen LogP contribution in [0.3, 0.4) is 0 Å². The lowest BCUT2D eigenvalue weighted by Crippen LogP contribution is -1.97. The molecule has 0 aliphatic rings. The van der Waals surface area contributed by atoms with Crippen LogP contribution in [0.5, 0.6) is 5.75 Å². The minimum atomic E-state index is -3.74. The van der Waals surface area contributed by atoms with E-state index in [-0.39, 0.29) is 4.90 Å². The number of hydrogen-bond acceptors (Lipinski definition) is 3. The predicted molar refractivity (Wildman–Crippen MR) is 74.7 cm³/mol. The van der Waals surface area contributed by atoms with Crippen molar-refractivity contribution in [1.29, 1.82) is 0 Å². The van der Waals surface area contributed by atoms with Gasteiger partial charge in [-0.1, -0.05) is 29.8 Å². The number of halogens is 1. The van der Waals surface area contributed by atoms with Gasteiger partial charge in [0.1, 0.15) is 15.8 Å². The highest BCUT2D eigenvalue weighted by Gasteiger charge is 2.05. The molecule has 0 aliphatic heterocycles. The summed E-state index contributed by atoms with van der Waals surface area (Å²) in [5, 5.41) is 0.436. The largest absolute Gasteiger partial charge is 0.573 e. The van der Waals surface area contributed by atoms with Gasteiger partial charge >= 0.3 is 0 Å². The van der Waals surface area contributed by atoms with Crippen molar-refractivity contribution in [3.63, 3.8) is 0 Å². The summed E-state index contributed by atoms with van der Waals surface area (Å²) in [6, 6.07) is 12.4. The molecule has 6 heteroatoms. The molecule has 2 aromatic carbocycles. The molecule has 0 fully saturated rings. The fourth-order valence-corrected chi connectivity index (χ4v) is 2.63. The van der Waals surface area contributed by atoms with E-state index in [1.807, 2.05) is 0 Å². The molecule has 100 valence electrons. The molecule has 4 nitrogen and oxygen atoms in total. The van der Waals surface area contributed by atoms with E-state index < -0.39 is 10.0 Å². The molecule has 0 heterocycles. The minimum Gasteiger partial charge on any atom is -0.573 e. The number of benzene rings is 2. The van der Waals surface area contributed by atoms with Crippen LogP contribution in [0.1, 0.15) is 0 Å². The van der Waals surface area contributed by atoms with Gasteiger partial charge in [0, 0.05) is 5.02 Å². The van der Waals surface area contributed by atoms with E-state index in [9.17, 15) is 8.42 Å². The molecule has 0 spiro atoms. The normalized spacial score (nSPS) is 11.1. The summed E-state index contributed by atoms with van der Waals surface area (Å²) in [7, 11) is -2.23. The van der Waals surface area contributed by atoms with Crippen LogP contribution in [0, 0.1) is 0 Å². The number of ether oxygens (including phenoxy) is 1. The van der Waals surface area contributed by atoms with Crippen LogP contribution in [0.15, 0.2) is 53.4 Å². The van der Waals surface area contributed by atoms with Crippen molar-refractivity contribution in [2.45, 2.75) is 4.90 Å². The maximum Gasteiger partial charge on any atom is 0.123 e. The lowest BCUT2D eigenvalue weighted by molar-refractivity contribution is 0.414. The molecule has 0 bridgehead atoms. The lowest BCUT2D eigenvalue weighted by Gasteiger charge is -2.22. The Bertz CT molecular complexity index is 669. The highest BCUT2D eigenvalue weighted by Crippen LogP contribution is 2.30. The van der Waals surface area contributed by atoms with Crippen LogP contribution in [0.2, 0.25) is 5.02 Å². The fraction of sp³-hybridized carbons (Fsp3) is 0.0769. The molecule has 0 atom stereocenters. The van der Waals surface area contributed by atoms with E-state index in [1.54, 1.807) is 30.3 Å². The quantitative estimate of drug-likeness (QED) is 0.863. The molecule has 0 aromatic heterocycles. The van der Waals surface area contributed by atoms with Crippen molar-refractivity contribution in [2.24, 2.45) is 0 Å².